The van der Waals surface area contributed by atoms with Crippen molar-refractivity contribution in [3.05, 3.63) is 42.2 Å². The Kier molecular flexibility index (Phi) is 4.71. The molecule has 0 atom stereocenters. The van der Waals surface area contributed by atoms with E-state index in [2.05, 4.69) is 17.2 Å². The molecule has 0 bridgehead atoms. The smallest absolute Gasteiger partial charge is 0.238 e. The predicted molar refractivity (Wildman–Crippen MR) is 58.0 cm³/mol. The molecule has 0 aliphatic rings. The van der Waals surface area contributed by atoms with E-state index in [0.717, 1.165) is 12.1 Å². The average molecular weight is 244 g/mol. The summed E-state index contributed by atoms with van der Waals surface area (Å²) < 4.78 is 38.6. The normalized spacial score (nSPS) is 10.1. The van der Waals surface area contributed by atoms with E-state index in [4.69, 9.17) is 0 Å². The number of hydrogen-bond donors (Lipinski definition) is 2. The van der Waals surface area contributed by atoms with Gasteiger partial charge in [-0.3, -0.25) is 4.79 Å². The quantitative estimate of drug-likeness (QED) is 0.471. The molecule has 0 aromatic heterocycles. The van der Waals surface area contributed by atoms with Crippen LogP contribution in [0.5, 0.6) is 0 Å². The van der Waals surface area contributed by atoms with E-state index >= 15 is 0 Å². The Bertz CT molecular complexity index is 435. The maximum Gasteiger partial charge on any atom is 0.238 e. The number of benzene rings is 1. The molecule has 0 fully saturated rings. The molecule has 0 saturated heterocycles. The van der Waals surface area contributed by atoms with Crippen LogP contribution in [0.1, 0.15) is 0 Å². The van der Waals surface area contributed by atoms with Crippen molar-refractivity contribution < 1.29 is 18.0 Å². The average Bonchev–Trinajstić information content (AvgIpc) is 2.30. The number of carbonyl (C=O) groups excluding carboxylic acids is 1. The molecule has 3 nitrogen and oxygen atoms in total. The minimum atomic E-state index is -1.61. The van der Waals surface area contributed by atoms with Crippen molar-refractivity contribution in [3.8, 4) is 0 Å². The van der Waals surface area contributed by atoms with Gasteiger partial charge < -0.3 is 10.6 Å². The number of amides is 1. The standard InChI is InChI=1S/C11H11F3N2O/c1-2-5-15-6-9(17)16-8-4-3-7(12)10(13)11(8)14/h2-4,15H,1,5-6H2,(H,16,17). The molecule has 0 aliphatic heterocycles. The largest absolute Gasteiger partial charge is 0.322 e. The second kappa shape index (κ2) is 6.05. The van der Waals surface area contributed by atoms with Gasteiger partial charge >= 0.3 is 0 Å². The predicted octanol–water partition coefficient (Wildman–Crippen LogP) is 1.82. The van der Waals surface area contributed by atoms with Gasteiger partial charge in [0.15, 0.2) is 17.5 Å². The van der Waals surface area contributed by atoms with Crippen molar-refractivity contribution in [2.75, 3.05) is 18.4 Å². The van der Waals surface area contributed by atoms with Crippen LogP contribution in [0.2, 0.25) is 0 Å². The van der Waals surface area contributed by atoms with E-state index < -0.39 is 29.0 Å². The highest BCUT2D eigenvalue weighted by Crippen LogP contribution is 2.19. The van der Waals surface area contributed by atoms with Crippen molar-refractivity contribution in [1.82, 2.24) is 5.32 Å². The first-order valence-corrected chi connectivity index (χ1v) is 4.81. The van der Waals surface area contributed by atoms with Gasteiger partial charge in [-0.2, -0.15) is 0 Å². The lowest BCUT2D eigenvalue weighted by Gasteiger charge is -2.07. The summed E-state index contributed by atoms with van der Waals surface area (Å²) in [6.45, 7) is 3.76. The Morgan fingerprint density at radius 1 is 1.29 bits per heavy atom. The highest BCUT2D eigenvalue weighted by Gasteiger charge is 2.14. The Balaban J connectivity index is 2.66. The molecule has 0 heterocycles. The van der Waals surface area contributed by atoms with E-state index in [0.29, 0.717) is 6.54 Å². The third-order valence-electron chi connectivity index (χ3n) is 1.88. The van der Waals surface area contributed by atoms with Crippen LogP contribution in [-0.2, 0) is 4.79 Å². The lowest BCUT2D eigenvalue weighted by atomic mass is 10.2. The minimum absolute atomic E-state index is 0.0789. The molecular formula is C11H11F3N2O. The monoisotopic (exact) mass is 244 g/mol. The summed E-state index contributed by atoms with van der Waals surface area (Å²) >= 11 is 0. The maximum atomic E-state index is 13.1. The molecule has 1 aromatic rings. The summed E-state index contributed by atoms with van der Waals surface area (Å²) in [6, 6.07) is 1.70. The van der Waals surface area contributed by atoms with Gasteiger partial charge in [-0.05, 0) is 12.1 Å². The fourth-order valence-electron chi connectivity index (χ4n) is 1.10. The molecule has 1 aromatic carbocycles. The lowest BCUT2D eigenvalue weighted by molar-refractivity contribution is -0.115. The van der Waals surface area contributed by atoms with Crippen molar-refractivity contribution >= 4 is 11.6 Å². The van der Waals surface area contributed by atoms with Crippen LogP contribution in [-0.4, -0.2) is 19.0 Å². The summed E-state index contributed by atoms with van der Waals surface area (Å²) in [6.07, 6.45) is 1.55. The van der Waals surface area contributed by atoms with Crippen molar-refractivity contribution in [2.24, 2.45) is 0 Å². The van der Waals surface area contributed by atoms with Crippen molar-refractivity contribution in [3.63, 3.8) is 0 Å². The maximum absolute atomic E-state index is 13.1. The van der Waals surface area contributed by atoms with Gasteiger partial charge in [0.1, 0.15) is 0 Å². The second-order valence-electron chi connectivity index (χ2n) is 3.19. The van der Waals surface area contributed by atoms with E-state index in [9.17, 15) is 18.0 Å². The summed E-state index contributed by atoms with van der Waals surface area (Å²) in [5, 5.41) is 4.80. The number of rotatable bonds is 5. The number of carbonyl (C=O) groups is 1. The van der Waals surface area contributed by atoms with E-state index in [1.165, 1.54) is 0 Å². The van der Waals surface area contributed by atoms with Gasteiger partial charge in [0.05, 0.1) is 12.2 Å². The Morgan fingerprint density at radius 2 is 2.00 bits per heavy atom. The Hall–Kier alpha value is -1.82. The highest BCUT2D eigenvalue weighted by atomic mass is 19.2. The molecule has 2 N–H and O–H groups in total. The molecule has 6 heteroatoms. The van der Waals surface area contributed by atoms with Crippen LogP contribution in [0.15, 0.2) is 24.8 Å². The summed E-state index contributed by atoms with van der Waals surface area (Å²) in [5.41, 5.74) is -0.394. The van der Waals surface area contributed by atoms with Gasteiger partial charge in [-0.25, -0.2) is 13.2 Å². The minimum Gasteiger partial charge on any atom is -0.322 e. The zero-order valence-corrected chi connectivity index (χ0v) is 8.90. The first-order chi connectivity index (χ1) is 8.06. The molecule has 17 heavy (non-hydrogen) atoms. The summed E-state index contributed by atoms with van der Waals surface area (Å²) in [4.78, 5) is 11.2. The highest BCUT2D eigenvalue weighted by molar-refractivity contribution is 5.92. The molecule has 1 rings (SSSR count). The second-order valence-corrected chi connectivity index (χ2v) is 3.19. The van der Waals surface area contributed by atoms with Crippen LogP contribution < -0.4 is 10.6 Å². The van der Waals surface area contributed by atoms with Crippen LogP contribution in [0.3, 0.4) is 0 Å². The van der Waals surface area contributed by atoms with Crippen molar-refractivity contribution in [2.45, 2.75) is 0 Å². The number of nitrogens with one attached hydrogen (secondary N) is 2. The topological polar surface area (TPSA) is 41.1 Å². The molecule has 0 aliphatic carbocycles. The summed E-state index contributed by atoms with van der Waals surface area (Å²) in [5.74, 6) is -4.88. The molecule has 0 unspecified atom stereocenters. The van der Waals surface area contributed by atoms with E-state index in [1.807, 2.05) is 0 Å². The van der Waals surface area contributed by atoms with Gasteiger partial charge in [0.2, 0.25) is 5.91 Å². The molecule has 0 spiro atoms. The van der Waals surface area contributed by atoms with Crippen LogP contribution in [0.25, 0.3) is 0 Å². The van der Waals surface area contributed by atoms with Crippen LogP contribution in [0, 0.1) is 17.5 Å². The molecule has 0 saturated carbocycles. The fraction of sp³-hybridized carbons (Fsp3) is 0.182. The molecule has 92 valence electrons. The van der Waals surface area contributed by atoms with Gasteiger partial charge in [-0.1, -0.05) is 6.08 Å². The number of halogens is 3. The van der Waals surface area contributed by atoms with E-state index in [-0.39, 0.29) is 6.54 Å². The third-order valence-corrected chi connectivity index (χ3v) is 1.88. The third kappa shape index (κ3) is 3.60. The first kappa shape index (κ1) is 13.2. The van der Waals surface area contributed by atoms with E-state index in [1.54, 1.807) is 6.08 Å². The zero-order valence-electron chi connectivity index (χ0n) is 8.90. The SMILES string of the molecule is C=CCNCC(=O)Nc1ccc(F)c(F)c1F. The van der Waals surface area contributed by atoms with Crippen LogP contribution >= 0.6 is 0 Å². The van der Waals surface area contributed by atoms with Gasteiger partial charge in [0.25, 0.3) is 0 Å². The Morgan fingerprint density at radius 3 is 2.65 bits per heavy atom. The van der Waals surface area contributed by atoms with Gasteiger partial charge in [0, 0.05) is 6.54 Å². The number of anilines is 1. The fourth-order valence-corrected chi connectivity index (χ4v) is 1.10. The van der Waals surface area contributed by atoms with Crippen molar-refractivity contribution in [1.29, 1.82) is 0 Å². The Labute approximate surface area is 96.3 Å². The molecule has 0 radical (unpaired) electrons. The molecular weight excluding hydrogens is 233 g/mol. The zero-order chi connectivity index (χ0) is 12.8. The van der Waals surface area contributed by atoms with Crippen LogP contribution in [0.4, 0.5) is 18.9 Å². The van der Waals surface area contributed by atoms with Gasteiger partial charge in [-0.15, -0.1) is 6.58 Å². The lowest BCUT2D eigenvalue weighted by Crippen LogP contribution is -2.28. The molecule has 1 amide bonds. The summed E-state index contributed by atoms with van der Waals surface area (Å²) in [7, 11) is 0. The number of hydrogen-bond acceptors (Lipinski definition) is 2. The first-order valence-electron chi connectivity index (χ1n) is 4.81.